The third kappa shape index (κ3) is 7.29. The zero-order valence-electron chi connectivity index (χ0n) is 23.4. The van der Waals surface area contributed by atoms with Crippen LogP contribution in [-0.4, -0.2) is 35.0 Å². The topological polar surface area (TPSA) is 94.8 Å². The van der Waals surface area contributed by atoms with Crippen molar-refractivity contribution in [3.63, 3.8) is 0 Å². The fourth-order valence-corrected chi connectivity index (χ4v) is 4.61. The molecule has 0 aliphatic carbocycles. The number of anilines is 1. The fraction of sp³-hybridized carbons (Fsp3) is 0.250. The number of rotatable bonds is 12. The van der Waals surface area contributed by atoms with Gasteiger partial charge in [-0.15, -0.1) is 6.58 Å². The molecule has 1 N–H and O–H groups in total. The summed E-state index contributed by atoms with van der Waals surface area (Å²) in [5.74, 6) is 1.24. The van der Waals surface area contributed by atoms with E-state index in [1.54, 1.807) is 24.4 Å². The highest BCUT2D eigenvalue weighted by Crippen LogP contribution is 2.34. The molecule has 1 aromatic heterocycles. The van der Waals surface area contributed by atoms with E-state index in [2.05, 4.69) is 32.9 Å². The van der Waals surface area contributed by atoms with Crippen LogP contribution in [0.25, 0.3) is 10.9 Å². The number of aromatic nitrogens is 2. The minimum absolute atomic E-state index is 0.0148. The zero-order chi connectivity index (χ0) is 29.4. The predicted octanol–water partition coefficient (Wildman–Crippen LogP) is 6.70. The van der Waals surface area contributed by atoms with Gasteiger partial charge in [0.15, 0.2) is 18.1 Å². The number of ether oxygens (including phenoxy) is 2. The molecular weight excluding hydrogens is 584 g/mol. The molecule has 0 saturated heterocycles. The molecule has 0 unspecified atom stereocenters. The Labute approximate surface area is 247 Å². The first-order valence-corrected chi connectivity index (χ1v) is 14.3. The Morgan fingerprint density at radius 1 is 1.15 bits per heavy atom. The summed E-state index contributed by atoms with van der Waals surface area (Å²) in [7, 11) is 0. The molecule has 0 radical (unpaired) electrons. The van der Waals surface area contributed by atoms with Gasteiger partial charge in [-0.2, -0.15) is 9.78 Å². The van der Waals surface area contributed by atoms with Gasteiger partial charge >= 0.3 is 0 Å². The maximum atomic E-state index is 13.5. The largest absolute Gasteiger partial charge is 0.490 e. The van der Waals surface area contributed by atoms with Crippen molar-refractivity contribution in [1.29, 1.82) is 0 Å². The van der Waals surface area contributed by atoms with Gasteiger partial charge in [-0.1, -0.05) is 54.1 Å². The van der Waals surface area contributed by atoms with Crippen LogP contribution in [0.5, 0.6) is 11.5 Å². The molecule has 0 spiro atoms. The van der Waals surface area contributed by atoms with Crippen LogP contribution < -0.4 is 20.3 Å². The van der Waals surface area contributed by atoms with Crippen LogP contribution in [0, 0.1) is 0 Å². The second-order valence-electron chi connectivity index (χ2n) is 9.44. The van der Waals surface area contributed by atoms with Crippen LogP contribution in [0.2, 0.25) is 0 Å². The van der Waals surface area contributed by atoms with Gasteiger partial charge < -0.3 is 14.8 Å². The minimum Gasteiger partial charge on any atom is -0.490 e. The molecular formula is C32H33BrN4O4. The summed E-state index contributed by atoms with van der Waals surface area (Å²) in [6, 6.07) is 18.3. The second-order valence-corrected chi connectivity index (χ2v) is 10.4. The molecule has 0 saturated carbocycles. The molecule has 3 aromatic carbocycles. The number of nitrogens with zero attached hydrogens (tertiary/aromatic N) is 3. The minimum atomic E-state index is -0.291. The van der Waals surface area contributed by atoms with E-state index >= 15 is 0 Å². The third-order valence-corrected chi connectivity index (χ3v) is 6.93. The molecule has 1 amide bonds. The summed E-state index contributed by atoms with van der Waals surface area (Å²) >= 11 is 3.44. The van der Waals surface area contributed by atoms with Crippen molar-refractivity contribution in [3.8, 4) is 11.5 Å². The number of nitrogens with one attached hydrogen (secondary N) is 1. The van der Waals surface area contributed by atoms with E-state index in [9.17, 15) is 9.59 Å². The van der Waals surface area contributed by atoms with Gasteiger partial charge in [-0.3, -0.25) is 9.59 Å². The molecule has 0 aliphatic rings. The highest BCUT2D eigenvalue weighted by molar-refractivity contribution is 9.10. The monoisotopic (exact) mass is 616 g/mol. The van der Waals surface area contributed by atoms with Gasteiger partial charge in [0.2, 0.25) is 0 Å². The molecule has 1 atom stereocenters. The Morgan fingerprint density at radius 3 is 2.63 bits per heavy atom. The Bertz CT molecular complexity index is 1630. The fourth-order valence-electron chi connectivity index (χ4n) is 4.25. The number of hydrogen-bond acceptors (Lipinski definition) is 6. The molecule has 4 rings (SSSR count). The molecule has 8 nitrogen and oxygen atoms in total. The van der Waals surface area contributed by atoms with E-state index in [0.29, 0.717) is 52.5 Å². The zero-order valence-corrected chi connectivity index (χ0v) is 25.0. The van der Waals surface area contributed by atoms with E-state index in [4.69, 9.17) is 14.5 Å². The summed E-state index contributed by atoms with van der Waals surface area (Å²) in [4.78, 5) is 30.8. The summed E-state index contributed by atoms with van der Waals surface area (Å²) < 4.78 is 14.0. The van der Waals surface area contributed by atoms with Crippen LogP contribution >= 0.6 is 15.9 Å². The normalized spacial score (nSPS) is 11.9. The number of allylic oxidation sites excluding steroid dienone is 1. The van der Waals surface area contributed by atoms with Crippen molar-refractivity contribution in [2.45, 2.75) is 39.5 Å². The van der Waals surface area contributed by atoms with Gasteiger partial charge in [0.1, 0.15) is 5.82 Å². The highest BCUT2D eigenvalue weighted by Gasteiger charge is 2.17. The lowest BCUT2D eigenvalue weighted by Gasteiger charge is -2.17. The second kappa shape index (κ2) is 13.9. The van der Waals surface area contributed by atoms with Crippen molar-refractivity contribution >= 4 is 44.6 Å². The van der Waals surface area contributed by atoms with E-state index < -0.39 is 0 Å². The summed E-state index contributed by atoms with van der Waals surface area (Å²) in [6.45, 7) is 10.0. The SMILES string of the molecule is C=CCc1cc(C=Nn2c([C@@H](C)CC)nc3ccc(Br)cc3c2=O)cc(OCC)c1OCC(=O)Nc1ccccc1. The van der Waals surface area contributed by atoms with Crippen molar-refractivity contribution in [2.75, 3.05) is 18.5 Å². The first kappa shape index (κ1) is 29.7. The smallest absolute Gasteiger partial charge is 0.282 e. The lowest BCUT2D eigenvalue weighted by Crippen LogP contribution is -2.23. The maximum absolute atomic E-state index is 13.5. The van der Waals surface area contributed by atoms with Gasteiger partial charge in [-0.05, 0) is 67.8 Å². The van der Waals surface area contributed by atoms with E-state index in [0.717, 1.165) is 16.5 Å². The lowest BCUT2D eigenvalue weighted by atomic mass is 10.1. The van der Waals surface area contributed by atoms with Gasteiger partial charge in [0, 0.05) is 21.6 Å². The average molecular weight is 618 g/mol. The Hall–Kier alpha value is -4.24. The summed E-state index contributed by atoms with van der Waals surface area (Å²) in [6.07, 6.45) is 4.63. The van der Waals surface area contributed by atoms with Crippen LogP contribution in [0.3, 0.4) is 0 Å². The number of carbonyl (C=O) groups excluding carboxylic acids is 1. The molecule has 9 heteroatoms. The third-order valence-electron chi connectivity index (χ3n) is 6.43. The standard InChI is InChI=1S/C32H33BrN4O4/c1-5-11-23-16-22(17-28(40-7-3)30(23)41-20-29(38)35-25-12-9-8-10-13-25)19-34-37-31(21(4)6-2)36-27-15-14-24(33)18-26(27)32(37)39/h5,8-10,12-19,21H,1,6-7,11,20H2,2-4H3,(H,35,38)/t21-/m0/s1. The first-order chi connectivity index (χ1) is 19.8. The number of benzene rings is 3. The van der Waals surface area contributed by atoms with Crippen molar-refractivity contribution in [1.82, 2.24) is 9.66 Å². The van der Waals surface area contributed by atoms with Crippen molar-refractivity contribution in [2.24, 2.45) is 5.10 Å². The number of para-hydroxylation sites is 1. The van der Waals surface area contributed by atoms with E-state index in [1.165, 1.54) is 4.68 Å². The van der Waals surface area contributed by atoms with Crippen molar-refractivity contribution < 1.29 is 14.3 Å². The molecule has 0 fully saturated rings. The molecule has 4 aromatic rings. The molecule has 212 valence electrons. The van der Waals surface area contributed by atoms with Gasteiger partial charge in [-0.25, -0.2) is 4.98 Å². The molecule has 41 heavy (non-hydrogen) atoms. The Balaban J connectivity index is 1.70. The number of fused-ring (bicyclic) bond motifs is 1. The summed E-state index contributed by atoms with van der Waals surface area (Å²) in [5, 5.41) is 7.89. The van der Waals surface area contributed by atoms with Crippen molar-refractivity contribution in [3.05, 3.63) is 105 Å². The number of amides is 1. The summed E-state index contributed by atoms with van der Waals surface area (Å²) in [5.41, 5.74) is 2.54. The van der Waals surface area contributed by atoms with Crippen LogP contribution in [0.15, 0.2) is 87.7 Å². The quantitative estimate of drug-likeness (QED) is 0.141. The van der Waals surface area contributed by atoms with E-state index in [1.807, 2.05) is 69.3 Å². The number of carbonyl (C=O) groups is 1. The molecule has 0 aliphatic heterocycles. The highest BCUT2D eigenvalue weighted by atomic mass is 79.9. The van der Waals surface area contributed by atoms with E-state index in [-0.39, 0.29) is 24.0 Å². The van der Waals surface area contributed by atoms with Gasteiger partial charge in [0.25, 0.3) is 11.5 Å². The number of hydrogen-bond donors (Lipinski definition) is 1. The van der Waals surface area contributed by atoms with Crippen LogP contribution in [-0.2, 0) is 11.2 Å². The average Bonchev–Trinajstić information content (AvgIpc) is 2.97. The predicted molar refractivity (Wildman–Crippen MR) is 167 cm³/mol. The number of halogens is 1. The Kier molecular flexibility index (Phi) is 10.1. The van der Waals surface area contributed by atoms with Gasteiger partial charge in [0.05, 0.1) is 23.7 Å². The molecule has 0 bridgehead atoms. The lowest BCUT2D eigenvalue weighted by molar-refractivity contribution is -0.118. The first-order valence-electron chi connectivity index (χ1n) is 13.5. The Morgan fingerprint density at radius 2 is 1.93 bits per heavy atom. The van der Waals surface area contributed by atoms with Crippen LogP contribution in [0.4, 0.5) is 5.69 Å². The van der Waals surface area contributed by atoms with Crippen LogP contribution in [0.1, 0.15) is 50.1 Å². The molecule has 1 heterocycles. The maximum Gasteiger partial charge on any atom is 0.282 e.